The summed E-state index contributed by atoms with van der Waals surface area (Å²) in [5.74, 6) is -3.90. The number of halogens is 4. The molecule has 1 spiro atoms. The molecule has 8 nitrogen and oxygen atoms in total. The molecule has 3 aromatic rings. The van der Waals surface area contributed by atoms with Crippen LogP contribution in [0.4, 0.5) is 14.5 Å². The van der Waals surface area contributed by atoms with E-state index in [0.29, 0.717) is 21.8 Å². The van der Waals surface area contributed by atoms with Gasteiger partial charge in [-0.05, 0) is 54.1 Å². The molecule has 41 heavy (non-hydrogen) atoms. The first-order chi connectivity index (χ1) is 19.6. The molecule has 214 valence electrons. The lowest BCUT2D eigenvalue weighted by Gasteiger charge is -2.46. The first-order valence-electron chi connectivity index (χ1n) is 12.7. The third-order valence-electron chi connectivity index (χ3n) is 7.58. The SMILES string of the molecule is CN(CCO)C(=O)COc1ccc(Cl)cc1[C@H]1CC(=O)N[C@@H](c2cc(F)ccc2F)[C@]12C(=O)Nc1cc(Cl)ccc12. The van der Waals surface area contributed by atoms with Crippen molar-refractivity contribution in [1.29, 1.82) is 0 Å². The summed E-state index contributed by atoms with van der Waals surface area (Å²) < 4.78 is 35.7. The van der Waals surface area contributed by atoms with E-state index in [1.807, 2.05) is 0 Å². The monoisotopic (exact) mass is 603 g/mol. The van der Waals surface area contributed by atoms with E-state index in [9.17, 15) is 18.8 Å². The van der Waals surface area contributed by atoms with Crippen molar-refractivity contribution < 1.29 is 33.0 Å². The van der Waals surface area contributed by atoms with Crippen LogP contribution in [0.3, 0.4) is 0 Å². The number of likely N-dealkylation sites (N-methyl/N-ethyl adjacent to an activating group) is 1. The standard InChI is InChI=1S/C29H25Cl2F2N3O5/c1-36(8-9-37)26(39)14-41-24-7-3-15(30)10-18(24)21-13-25(38)35-27(19-12-17(32)4-6-22(19)33)29(21)20-5-2-16(31)11-23(20)34-28(29)40/h2-7,10-12,21,27,37H,8-9,13-14H2,1H3,(H,34,40)(H,35,38)/t21-,27+,29-/m1/s1. The van der Waals surface area contributed by atoms with Gasteiger partial charge in [0.25, 0.3) is 5.91 Å². The normalized spacial score (nSPS) is 21.3. The molecular weight excluding hydrogens is 579 g/mol. The van der Waals surface area contributed by atoms with E-state index in [-0.39, 0.29) is 35.9 Å². The van der Waals surface area contributed by atoms with E-state index >= 15 is 4.39 Å². The number of rotatable bonds is 7. The van der Waals surface area contributed by atoms with Crippen LogP contribution in [0.2, 0.25) is 10.0 Å². The fourth-order valence-corrected chi connectivity index (χ4v) is 6.06. The summed E-state index contributed by atoms with van der Waals surface area (Å²) in [4.78, 5) is 41.2. The Balaban J connectivity index is 1.71. The number of aliphatic hydroxyl groups excluding tert-OH is 1. The zero-order chi connectivity index (χ0) is 29.5. The highest BCUT2D eigenvalue weighted by Gasteiger charge is 2.62. The van der Waals surface area contributed by atoms with Crippen LogP contribution < -0.4 is 15.4 Å². The van der Waals surface area contributed by atoms with Gasteiger partial charge in [-0.25, -0.2) is 8.78 Å². The van der Waals surface area contributed by atoms with Gasteiger partial charge in [-0.1, -0.05) is 29.3 Å². The number of hydrogen-bond acceptors (Lipinski definition) is 5. The lowest BCUT2D eigenvalue weighted by molar-refractivity contribution is -0.133. The Labute approximate surface area is 244 Å². The first kappa shape index (κ1) is 28.8. The molecule has 5 rings (SSSR count). The number of nitrogens with zero attached hydrogens (tertiary/aromatic N) is 1. The van der Waals surface area contributed by atoms with Gasteiger partial charge < -0.3 is 25.4 Å². The van der Waals surface area contributed by atoms with Gasteiger partial charge >= 0.3 is 0 Å². The number of hydrogen-bond donors (Lipinski definition) is 3. The molecule has 0 unspecified atom stereocenters. The van der Waals surface area contributed by atoms with Gasteiger partial charge in [0.05, 0.1) is 12.6 Å². The zero-order valence-corrected chi connectivity index (χ0v) is 23.2. The van der Waals surface area contributed by atoms with Crippen molar-refractivity contribution in [3.8, 4) is 5.75 Å². The number of ether oxygens (including phenoxy) is 1. The van der Waals surface area contributed by atoms with Crippen molar-refractivity contribution in [2.24, 2.45) is 0 Å². The quantitative estimate of drug-likeness (QED) is 0.372. The highest BCUT2D eigenvalue weighted by molar-refractivity contribution is 6.31. The van der Waals surface area contributed by atoms with Crippen molar-refractivity contribution in [3.63, 3.8) is 0 Å². The van der Waals surface area contributed by atoms with Gasteiger partial charge in [-0.15, -0.1) is 0 Å². The summed E-state index contributed by atoms with van der Waals surface area (Å²) in [6, 6.07) is 10.8. The molecule has 3 N–H and O–H groups in total. The number of nitrogens with one attached hydrogen (secondary N) is 2. The Morgan fingerprint density at radius 2 is 1.80 bits per heavy atom. The maximum atomic E-state index is 15.3. The average Bonchev–Trinajstić information content (AvgIpc) is 3.21. The Morgan fingerprint density at radius 3 is 2.56 bits per heavy atom. The van der Waals surface area contributed by atoms with Crippen molar-refractivity contribution in [1.82, 2.24) is 10.2 Å². The molecule has 1 saturated heterocycles. The molecule has 0 aromatic heterocycles. The number of anilines is 1. The molecular formula is C29H25Cl2F2N3O5. The van der Waals surface area contributed by atoms with Crippen LogP contribution in [0.25, 0.3) is 0 Å². The lowest BCUT2D eigenvalue weighted by atomic mass is 9.59. The summed E-state index contributed by atoms with van der Waals surface area (Å²) in [6.45, 7) is -0.538. The number of piperidine rings is 1. The molecule has 0 radical (unpaired) electrons. The summed E-state index contributed by atoms with van der Waals surface area (Å²) in [5.41, 5.74) is -0.815. The van der Waals surface area contributed by atoms with E-state index in [1.54, 1.807) is 18.2 Å². The largest absolute Gasteiger partial charge is 0.483 e. The minimum absolute atomic E-state index is 0.0992. The van der Waals surface area contributed by atoms with Crippen molar-refractivity contribution >= 4 is 46.6 Å². The fraction of sp³-hybridized carbons (Fsp3) is 0.276. The Morgan fingerprint density at radius 1 is 1.07 bits per heavy atom. The van der Waals surface area contributed by atoms with Crippen LogP contribution in [0, 0.1) is 11.6 Å². The van der Waals surface area contributed by atoms with Crippen molar-refractivity contribution in [2.75, 3.05) is 32.1 Å². The van der Waals surface area contributed by atoms with Crippen LogP contribution in [0.15, 0.2) is 54.6 Å². The van der Waals surface area contributed by atoms with E-state index < -0.39 is 53.3 Å². The van der Waals surface area contributed by atoms with Gasteiger partial charge in [0.2, 0.25) is 11.8 Å². The van der Waals surface area contributed by atoms with Crippen molar-refractivity contribution in [2.45, 2.75) is 23.8 Å². The number of amides is 3. The first-order valence-corrected chi connectivity index (χ1v) is 13.4. The highest BCUT2D eigenvalue weighted by atomic mass is 35.5. The molecule has 3 aromatic carbocycles. The van der Waals surface area contributed by atoms with Crippen LogP contribution in [0.5, 0.6) is 5.75 Å². The number of fused-ring (bicyclic) bond motifs is 2. The predicted molar refractivity (Wildman–Crippen MR) is 148 cm³/mol. The fourth-order valence-electron chi connectivity index (χ4n) is 5.70. The highest BCUT2D eigenvalue weighted by Crippen LogP contribution is 2.59. The van der Waals surface area contributed by atoms with Gasteiger partial charge in [-0.3, -0.25) is 14.4 Å². The average molecular weight is 604 g/mol. The summed E-state index contributed by atoms with van der Waals surface area (Å²) in [5, 5.41) is 15.3. The zero-order valence-electron chi connectivity index (χ0n) is 21.7. The Bertz CT molecular complexity index is 1550. The molecule has 0 bridgehead atoms. The Hall–Kier alpha value is -3.73. The van der Waals surface area contributed by atoms with Gasteiger partial charge in [0.1, 0.15) is 22.8 Å². The maximum absolute atomic E-state index is 15.3. The molecule has 3 amide bonds. The van der Waals surface area contributed by atoms with Crippen LogP contribution >= 0.6 is 23.2 Å². The Kier molecular flexibility index (Phi) is 7.91. The third kappa shape index (κ3) is 5.11. The maximum Gasteiger partial charge on any atom is 0.260 e. The topological polar surface area (TPSA) is 108 Å². The molecule has 12 heteroatoms. The van der Waals surface area contributed by atoms with Gasteiger partial charge in [-0.2, -0.15) is 0 Å². The minimum Gasteiger partial charge on any atom is -0.483 e. The van der Waals surface area contributed by atoms with Gasteiger partial charge in [0.15, 0.2) is 6.61 Å². The summed E-state index contributed by atoms with van der Waals surface area (Å²) in [7, 11) is 1.51. The minimum atomic E-state index is -1.69. The number of carbonyl (C=O) groups is 3. The second-order valence-corrected chi connectivity index (χ2v) is 10.8. The second-order valence-electron chi connectivity index (χ2n) is 9.95. The molecule has 2 aliphatic heterocycles. The molecule has 0 aliphatic carbocycles. The molecule has 0 saturated carbocycles. The van der Waals surface area contributed by atoms with E-state index in [2.05, 4.69) is 10.6 Å². The van der Waals surface area contributed by atoms with E-state index in [4.69, 9.17) is 33.0 Å². The number of benzene rings is 3. The molecule has 1 fully saturated rings. The predicted octanol–water partition coefficient (Wildman–Crippen LogP) is 4.34. The summed E-state index contributed by atoms with van der Waals surface area (Å²) >= 11 is 12.6. The number of aliphatic hydroxyl groups is 1. The van der Waals surface area contributed by atoms with Crippen molar-refractivity contribution in [3.05, 3.63) is 93.0 Å². The second kappa shape index (κ2) is 11.3. The number of carbonyl (C=O) groups excluding carboxylic acids is 3. The molecule has 2 heterocycles. The summed E-state index contributed by atoms with van der Waals surface area (Å²) in [6.07, 6.45) is -0.238. The van der Waals surface area contributed by atoms with E-state index in [0.717, 1.165) is 18.2 Å². The third-order valence-corrected chi connectivity index (χ3v) is 8.05. The van der Waals surface area contributed by atoms with E-state index in [1.165, 1.54) is 30.1 Å². The van der Waals surface area contributed by atoms with Crippen LogP contribution in [-0.4, -0.2) is 54.5 Å². The van der Waals surface area contributed by atoms with Gasteiger partial charge in [0, 0.05) is 52.8 Å². The molecule has 3 atom stereocenters. The van der Waals surface area contributed by atoms with Crippen LogP contribution in [-0.2, 0) is 19.8 Å². The molecule has 2 aliphatic rings. The van der Waals surface area contributed by atoms with Crippen LogP contribution in [0.1, 0.15) is 35.1 Å². The smallest absolute Gasteiger partial charge is 0.260 e. The lowest BCUT2D eigenvalue weighted by Crippen LogP contribution is -2.57.